The average Bonchev–Trinajstić information content (AvgIpc) is 3.03. The summed E-state index contributed by atoms with van der Waals surface area (Å²) in [6, 6.07) is 16.8. The van der Waals surface area contributed by atoms with Crippen molar-refractivity contribution in [3.63, 3.8) is 0 Å². The van der Waals surface area contributed by atoms with Gasteiger partial charge in [0.2, 0.25) is 0 Å². The monoisotopic (exact) mass is 356 g/mol. The zero-order valence-corrected chi connectivity index (χ0v) is 15.0. The standard InChI is InChI=1S/C21H25FN2O2/c1-2-11-26-21(25)23-20-15-24(13-16-7-4-3-5-8-16)14-19(20)17-9-6-10-18(22)12-17/h3-10,12,19-20H,2,11,13-15H2,1H3,(H,23,25)/t19-,20+/m0/s1. The van der Waals surface area contributed by atoms with E-state index in [-0.39, 0.29) is 17.8 Å². The molecule has 1 heterocycles. The van der Waals surface area contributed by atoms with Crippen LogP contribution < -0.4 is 5.32 Å². The maximum Gasteiger partial charge on any atom is 0.407 e. The number of carbonyl (C=O) groups is 1. The zero-order chi connectivity index (χ0) is 18.4. The second kappa shape index (κ2) is 8.81. The van der Waals surface area contributed by atoms with Gasteiger partial charge in [-0.2, -0.15) is 0 Å². The molecule has 0 bridgehead atoms. The van der Waals surface area contributed by atoms with Gasteiger partial charge in [-0.25, -0.2) is 9.18 Å². The van der Waals surface area contributed by atoms with Crippen molar-refractivity contribution < 1.29 is 13.9 Å². The van der Waals surface area contributed by atoms with Gasteiger partial charge < -0.3 is 10.1 Å². The Labute approximate surface area is 154 Å². The van der Waals surface area contributed by atoms with Gasteiger partial charge in [-0.3, -0.25) is 4.90 Å². The van der Waals surface area contributed by atoms with Crippen molar-refractivity contribution in [2.45, 2.75) is 31.8 Å². The fourth-order valence-electron chi connectivity index (χ4n) is 3.47. The molecule has 0 aliphatic carbocycles. The van der Waals surface area contributed by atoms with Gasteiger partial charge in [0.05, 0.1) is 12.6 Å². The minimum absolute atomic E-state index is 0.0311. The van der Waals surface area contributed by atoms with Gasteiger partial charge in [0.15, 0.2) is 0 Å². The van der Waals surface area contributed by atoms with E-state index in [0.717, 1.165) is 25.1 Å². The number of nitrogens with zero attached hydrogens (tertiary/aromatic N) is 1. The van der Waals surface area contributed by atoms with Crippen LogP contribution >= 0.6 is 0 Å². The maximum absolute atomic E-state index is 13.7. The molecule has 138 valence electrons. The van der Waals surface area contributed by atoms with E-state index < -0.39 is 6.09 Å². The first-order valence-corrected chi connectivity index (χ1v) is 9.10. The average molecular weight is 356 g/mol. The lowest BCUT2D eigenvalue weighted by molar-refractivity contribution is 0.141. The number of benzene rings is 2. The first-order valence-electron chi connectivity index (χ1n) is 9.10. The van der Waals surface area contributed by atoms with Crippen LogP contribution in [-0.2, 0) is 11.3 Å². The van der Waals surface area contributed by atoms with Crippen LogP contribution in [0.15, 0.2) is 54.6 Å². The predicted octanol–water partition coefficient (Wildman–Crippen LogP) is 3.93. The van der Waals surface area contributed by atoms with Crippen molar-refractivity contribution in [2.75, 3.05) is 19.7 Å². The summed E-state index contributed by atoms with van der Waals surface area (Å²) in [5, 5.41) is 2.97. The first kappa shape index (κ1) is 18.4. The SMILES string of the molecule is CCCOC(=O)N[C@@H]1CN(Cc2ccccc2)C[C@H]1c1cccc(F)c1. The van der Waals surface area contributed by atoms with Crippen molar-refractivity contribution in [3.05, 3.63) is 71.5 Å². The van der Waals surface area contributed by atoms with Crippen LogP contribution in [0.25, 0.3) is 0 Å². The number of nitrogens with one attached hydrogen (secondary N) is 1. The van der Waals surface area contributed by atoms with E-state index in [1.165, 1.54) is 11.6 Å². The summed E-state index contributed by atoms with van der Waals surface area (Å²) in [7, 11) is 0. The Hall–Kier alpha value is -2.40. The molecule has 1 amide bonds. The number of halogens is 1. The quantitative estimate of drug-likeness (QED) is 0.853. The van der Waals surface area contributed by atoms with E-state index in [1.54, 1.807) is 12.1 Å². The number of rotatable bonds is 6. The topological polar surface area (TPSA) is 41.6 Å². The van der Waals surface area contributed by atoms with Crippen LogP contribution in [-0.4, -0.2) is 36.7 Å². The zero-order valence-electron chi connectivity index (χ0n) is 15.0. The number of alkyl carbamates (subject to hydrolysis) is 1. The highest BCUT2D eigenvalue weighted by Crippen LogP contribution is 2.29. The molecule has 0 radical (unpaired) electrons. The Morgan fingerprint density at radius 2 is 2.00 bits per heavy atom. The highest BCUT2D eigenvalue weighted by atomic mass is 19.1. The number of hydrogen-bond donors (Lipinski definition) is 1. The fourth-order valence-corrected chi connectivity index (χ4v) is 3.47. The molecule has 1 aliphatic heterocycles. The summed E-state index contributed by atoms with van der Waals surface area (Å²) in [5.74, 6) is -0.222. The molecule has 2 aromatic carbocycles. The fraction of sp³-hybridized carbons (Fsp3) is 0.381. The molecular weight excluding hydrogens is 331 g/mol. The van der Waals surface area contributed by atoms with Crippen LogP contribution in [0.3, 0.4) is 0 Å². The van der Waals surface area contributed by atoms with Gasteiger partial charge in [-0.05, 0) is 29.7 Å². The highest BCUT2D eigenvalue weighted by Gasteiger charge is 2.35. The molecule has 2 atom stereocenters. The Bertz CT molecular complexity index is 723. The lowest BCUT2D eigenvalue weighted by Gasteiger charge is -2.20. The molecule has 5 heteroatoms. The molecule has 1 N–H and O–H groups in total. The van der Waals surface area contributed by atoms with E-state index in [1.807, 2.05) is 31.2 Å². The molecule has 0 aromatic heterocycles. The smallest absolute Gasteiger partial charge is 0.407 e. The molecule has 0 spiro atoms. The minimum Gasteiger partial charge on any atom is -0.450 e. The van der Waals surface area contributed by atoms with Crippen molar-refractivity contribution in [2.24, 2.45) is 0 Å². The van der Waals surface area contributed by atoms with Crippen LogP contribution in [0.5, 0.6) is 0 Å². The van der Waals surface area contributed by atoms with Crippen LogP contribution in [0.1, 0.15) is 30.4 Å². The first-order chi connectivity index (χ1) is 12.7. The Morgan fingerprint density at radius 3 is 2.73 bits per heavy atom. The number of amides is 1. The molecule has 3 rings (SSSR count). The Balaban J connectivity index is 1.73. The van der Waals surface area contributed by atoms with Crippen LogP contribution in [0.4, 0.5) is 9.18 Å². The van der Waals surface area contributed by atoms with Gasteiger partial charge in [-0.15, -0.1) is 0 Å². The molecule has 0 unspecified atom stereocenters. The Kier molecular flexibility index (Phi) is 6.23. The normalized spacial score (nSPS) is 20.1. The number of ether oxygens (including phenoxy) is 1. The Morgan fingerprint density at radius 1 is 1.19 bits per heavy atom. The predicted molar refractivity (Wildman–Crippen MR) is 99.4 cm³/mol. The molecule has 26 heavy (non-hydrogen) atoms. The van der Waals surface area contributed by atoms with Crippen LogP contribution in [0.2, 0.25) is 0 Å². The third kappa shape index (κ3) is 4.82. The van der Waals surface area contributed by atoms with Gasteiger partial charge in [0, 0.05) is 25.6 Å². The van der Waals surface area contributed by atoms with E-state index >= 15 is 0 Å². The second-order valence-electron chi connectivity index (χ2n) is 6.73. The van der Waals surface area contributed by atoms with Gasteiger partial charge >= 0.3 is 6.09 Å². The van der Waals surface area contributed by atoms with Crippen molar-refractivity contribution in [1.29, 1.82) is 0 Å². The van der Waals surface area contributed by atoms with Crippen molar-refractivity contribution >= 4 is 6.09 Å². The van der Waals surface area contributed by atoms with E-state index in [2.05, 4.69) is 22.3 Å². The summed E-state index contributed by atoms with van der Waals surface area (Å²) in [6.07, 6.45) is 0.380. The third-order valence-electron chi connectivity index (χ3n) is 4.66. The van der Waals surface area contributed by atoms with E-state index in [0.29, 0.717) is 13.2 Å². The van der Waals surface area contributed by atoms with Crippen molar-refractivity contribution in [1.82, 2.24) is 10.2 Å². The summed E-state index contributed by atoms with van der Waals surface area (Å²) in [4.78, 5) is 14.3. The van der Waals surface area contributed by atoms with Gasteiger partial charge in [0.1, 0.15) is 5.82 Å². The van der Waals surface area contributed by atoms with E-state index in [4.69, 9.17) is 4.74 Å². The molecule has 4 nitrogen and oxygen atoms in total. The molecule has 0 saturated carbocycles. The molecule has 2 aromatic rings. The molecular formula is C21H25FN2O2. The highest BCUT2D eigenvalue weighted by molar-refractivity contribution is 5.68. The largest absolute Gasteiger partial charge is 0.450 e. The molecule has 1 saturated heterocycles. The number of hydrogen-bond acceptors (Lipinski definition) is 3. The number of likely N-dealkylation sites (tertiary alicyclic amines) is 1. The number of carbonyl (C=O) groups excluding carboxylic acids is 1. The van der Waals surface area contributed by atoms with Gasteiger partial charge in [0.25, 0.3) is 0 Å². The lowest BCUT2D eigenvalue weighted by Crippen LogP contribution is -2.40. The second-order valence-corrected chi connectivity index (χ2v) is 6.73. The molecule has 1 fully saturated rings. The van der Waals surface area contributed by atoms with Gasteiger partial charge in [-0.1, -0.05) is 49.4 Å². The molecule has 1 aliphatic rings. The summed E-state index contributed by atoms with van der Waals surface area (Å²) in [6.45, 7) is 4.63. The third-order valence-corrected chi connectivity index (χ3v) is 4.66. The minimum atomic E-state index is -0.403. The lowest BCUT2D eigenvalue weighted by atomic mass is 9.94. The summed E-state index contributed by atoms with van der Waals surface area (Å²) in [5.41, 5.74) is 2.13. The van der Waals surface area contributed by atoms with Crippen molar-refractivity contribution in [3.8, 4) is 0 Å². The summed E-state index contributed by atoms with van der Waals surface area (Å²) >= 11 is 0. The van der Waals surface area contributed by atoms with Crippen LogP contribution in [0, 0.1) is 5.82 Å². The maximum atomic E-state index is 13.7. The summed E-state index contributed by atoms with van der Waals surface area (Å²) < 4.78 is 18.9. The van der Waals surface area contributed by atoms with E-state index in [9.17, 15) is 9.18 Å².